The van der Waals surface area contributed by atoms with Crippen LogP contribution in [0, 0.1) is 29.1 Å². The lowest BCUT2D eigenvalue weighted by atomic mass is 9.72. The van der Waals surface area contributed by atoms with E-state index in [1.165, 1.54) is 32.3 Å². The van der Waals surface area contributed by atoms with Crippen LogP contribution in [-0.4, -0.2) is 150 Å². The number of thiazole rings is 1. The number of nitrogens with zero attached hydrogens (tertiary/aromatic N) is 12. The van der Waals surface area contributed by atoms with E-state index in [1.54, 1.807) is 24.0 Å². The van der Waals surface area contributed by atoms with Gasteiger partial charge in [-0.15, -0.1) is 22.7 Å². The zero-order valence-electron chi connectivity index (χ0n) is 43.5. The molecule has 76 heavy (non-hydrogen) atoms. The molecule has 1 aromatic carbocycles. The van der Waals surface area contributed by atoms with Crippen LogP contribution in [-0.2, 0) is 21.4 Å². The van der Waals surface area contributed by atoms with Crippen LogP contribution in [0.25, 0.3) is 22.0 Å². The number of anilines is 2. The fraction of sp³-hybridized carbons (Fsp3) is 0.509. The van der Waals surface area contributed by atoms with Crippen molar-refractivity contribution >= 4 is 45.4 Å². The number of hydrogen-bond donors (Lipinski definition) is 5. The predicted octanol–water partition coefficient (Wildman–Crippen LogP) is 4.74. The number of ether oxygens (including phenoxy) is 1. The number of thiophene rings is 1. The first-order chi connectivity index (χ1) is 36.8. The Balaban J connectivity index is 0.752. The molecule has 7 heterocycles. The van der Waals surface area contributed by atoms with Gasteiger partial charge in [-0.05, 0) is 102 Å². The topological polar surface area (TPSA) is 276 Å². The van der Waals surface area contributed by atoms with Crippen LogP contribution < -0.4 is 26.0 Å². The van der Waals surface area contributed by atoms with Crippen molar-refractivity contribution in [3.63, 3.8) is 0 Å². The molecule has 5 aromatic heterocycles. The number of carbonyl (C=O) groups is 2. The summed E-state index contributed by atoms with van der Waals surface area (Å²) in [5.74, 6) is 6.75. The van der Waals surface area contributed by atoms with Gasteiger partial charge in [-0.3, -0.25) is 9.59 Å². The number of aryl methyl sites for hydroxylation is 1. The van der Waals surface area contributed by atoms with Crippen molar-refractivity contribution < 1.29 is 29.1 Å². The summed E-state index contributed by atoms with van der Waals surface area (Å²) in [7, 11) is 1.83. The standard InChI is InChI=1S/C53H65N15O6S2/c1-32(2)45(50(72)67-28-36(70)25-41(67)49(71)59-40(30-69)34-13-15-35(16-14-34)46-38(58-31-75-46)11-9-19-56-5)68-29-43(62-64-68)73-24-7-6-21-65-22-10-23-66(33(3)27-65)52-57-20-17-39(60-52)48-61-51(74-63-48)53(4)18-8-12-42-44(53)37(26-54)47(55)76-42/h13-17,20,29,31-33,36,40-41,45,56,69-70H,6-8,10,12,18-19,21-25,27-28,30,55H2,1-5H3,(H,59,71)/t33-,36+,40-,41-,45-,53-/m0/s1. The maximum Gasteiger partial charge on any atom is 0.253 e. The minimum absolute atomic E-state index is 0.0249. The SMILES string of the molecule is CNCC#Cc1ncsc1-c1ccc([C@H](CO)NC(=O)[C@@H]2C[C@@H](O)CN2C(=O)[C@H](C(C)C)n2cc(OCCCCN3CCCN(c4nccc(-c5noc([C@@]6(C)CCCc7sc(N)c(C#N)c76)n5)n4)[C@@H](C)C3)nn2)cc1. The summed E-state index contributed by atoms with van der Waals surface area (Å²) in [4.78, 5) is 55.1. The fourth-order valence-electron chi connectivity index (χ4n) is 10.6. The monoisotopic (exact) mass is 1070 g/mol. The molecule has 0 spiro atoms. The molecular weight excluding hydrogens is 1010 g/mol. The first kappa shape index (κ1) is 53.9. The highest BCUT2D eigenvalue weighted by molar-refractivity contribution is 7.16. The van der Waals surface area contributed by atoms with Gasteiger partial charge in [0.05, 0.1) is 59.5 Å². The maximum atomic E-state index is 14.3. The van der Waals surface area contributed by atoms with E-state index in [9.17, 15) is 25.1 Å². The molecule has 0 bridgehead atoms. The van der Waals surface area contributed by atoms with E-state index in [0.717, 1.165) is 85.6 Å². The van der Waals surface area contributed by atoms with E-state index < -0.39 is 35.6 Å². The van der Waals surface area contributed by atoms with Gasteiger partial charge >= 0.3 is 0 Å². The summed E-state index contributed by atoms with van der Waals surface area (Å²) in [5.41, 5.74) is 11.6. The van der Waals surface area contributed by atoms with Crippen molar-refractivity contribution in [1.82, 2.24) is 60.5 Å². The van der Waals surface area contributed by atoms with Crippen molar-refractivity contribution in [3.8, 4) is 45.7 Å². The number of likely N-dealkylation sites (tertiary alicyclic amines) is 1. The lowest BCUT2D eigenvalue weighted by Gasteiger charge is -2.30. The highest BCUT2D eigenvalue weighted by Crippen LogP contribution is 2.48. The number of carbonyl (C=O) groups excluding carboxylic acids is 2. The normalized spacial score (nSPS) is 20.6. The zero-order valence-corrected chi connectivity index (χ0v) is 45.1. The van der Waals surface area contributed by atoms with Crippen molar-refractivity contribution in [1.29, 1.82) is 5.26 Å². The van der Waals surface area contributed by atoms with E-state index in [4.69, 9.17) is 25.0 Å². The van der Waals surface area contributed by atoms with Gasteiger partial charge in [-0.25, -0.2) is 19.6 Å². The summed E-state index contributed by atoms with van der Waals surface area (Å²) in [6.45, 7) is 12.0. The van der Waals surface area contributed by atoms with Crippen molar-refractivity contribution in [3.05, 3.63) is 81.4 Å². The Kier molecular flexibility index (Phi) is 17.0. The largest absolute Gasteiger partial charge is 0.475 e. The first-order valence-electron chi connectivity index (χ1n) is 25.9. The lowest BCUT2D eigenvalue weighted by molar-refractivity contribution is -0.142. The summed E-state index contributed by atoms with van der Waals surface area (Å²) < 4.78 is 13.4. The molecule has 2 saturated heterocycles. The number of hydrogen-bond acceptors (Lipinski definition) is 20. The number of amides is 2. The Morgan fingerprint density at radius 2 is 1.93 bits per heavy atom. The van der Waals surface area contributed by atoms with Gasteiger partial charge in [0.1, 0.15) is 34.5 Å². The van der Waals surface area contributed by atoms with Crippen LogP contribution in [0.15, 0.2) is 52.8 Å². The highest BCUT2D eigenvalue weighted by Gasteiger charge is 2.45. The smallest absolute Gasteiger partial charge is 0.253 e. The maximum absolute atomic E-state index is 14.3. The molecule has 2 aliphatic heterocycles. The third kappa shape index (κ3) is 11.6. The average Bonchev–Trinajstić information content (AvgIpc) is 4.35. The van der Waals surface area contributed by atoms with E-state index in [-0.39, 0.29) is 43.3 Å². The third-order valence-corrected chi connectivity index (χ3v) is 16.4. The van der Waals surface area contributed by atoms with Crippen LogP contribution in [0.2, 0.25) is 0 Å². The fourth-order valence-corrected chi connectivity index (χ4v) is 12.5. The zero-order chi connectivity index (χ0) is 53.5. The molecule has 2 amide bonds. The number of unbranched alkanes of at least 4 members (excludes halogenated alkanes) is 1. The number of nitrogens with one attached hydrogen (secondary N) is 2. The molecule has 400 valence electrons. The first-order valence-corrected chi connectivity index (χ1v) is 27.6. The Morgan fingerprint density at radius 3 is 2.71 bits per heavy atom. The Labute approximate surface area is 449 Å². The Bertz CT molecular complexity index is 3080. The Hall–Kier alpha value is -6.86. The van der Waals surface area contributed by atoms with Crippen molar-refractivity contribution in [2.45, 2.75) is 108 Å². The quantitative estimate of drug-likeness (QED) is 0.0574. The molecule has 1 aliphatic carbocycles. The van der Waals surface area contributed by atoms with E-state index in [1.807, 2.05) is 52.1 Å². The molecule has 9 rings (SSSR count). The van der Waals surface area contributed by atoms with E-state index >= 15 is 0 Å². The van der Waals surface area contributed by atoms with Crippen LogP contribution >= 0.6 is 22.7 Å². The molecule has 3 aliphatic rings. The average molecular weight is 1070 g/mol. The molecule has 6 N–H and O–H groups in total. The Morgan fingerprint density at radius 1 is 1.11 bits per heavy atom. The number of β-amino-alcohol motifs (C(OH)–C–C–N with tert-alkyl or cyclic N) is 1. The molecule has 0 saturated carbocycles. The van der Waals surface area contributed by atoms with E-state index in [2.05, 4.69) is 70.7 Å². The number of aliphatic hydroxyl groups is 2. The lowest BCUT2D eigenvalue weighted by Crippen LogP contribution is -2.50. The number of benzene rings is 1. The number of nitriles is 1. The molecular formula is C53H65N15O6S2. The summed E-state index contributed by atoms with van der Waals surface area (Å²) in [6, 6.07) is 9.18. The molecule has 23 heteroatoms. The van der Waals surface area contributed by atoms with Crippen molar-refractivity contribution in [2.75, 3.05) is 70.2 Å². The number of fused-ring (bicyclic) bond motifs is 1. The summed E-state index contributed by atoms with van der Waals surface area (Å²) in [6.07, 6.45) is 7.62. The number of rotatable bonds is 18. The summed E-state index contributed by atoms with van der Waals surface area (Å²) in [5, 5.41) is 50.5. The van der Waals surface area contributed by atoms with Gasteiger partial charge < -0.3 is 50.5 Å². The second-order valence-corrected chi connectivity index (χ2v) is 22.2. The van der Waals surface area contributed by atoms with Gasteiger partial charge in [0, 0.05) is 48.7 Å². The number of aliphatic hydroxyl groups excluding tert-OH is 2. The van der Waals surface area contributed by atoms with Crippen LogP contribution in [0.4, 0.5) is 10.9 Å². The molecule has 6 atom stereocenters. The van der Waals surface area contributed by atoms with Gasteiger partial charge in [0.15, 0.2) is 0 Å². The van der Waals surface area contributed by atoms with Crippen molar-refractivity contribution in [2.24, 2.45) is 5.92 Å². The molecule has 2 fully saturated rings. The molecule has 0 radical (unpaired) electrons. The van der Waals surface area contributed by atoms with Gasteiger partial charge in [0.2, 0.25) is 29.5 Å². The highest BCUT2D eigenvalue weighted by atomic mass is 32.1. The number of nitrogen functional groups attached to an aromatic ring is 1. The minimum Gasteiger partial charge on any atom is -0.475 e. The van der Waals surface area contributed by atoms with Gasteiger partial charge in [-0.1, -0.05) is 59.5 Å². The predicted molar refractivity (Wildman–Crippen MR) is 287 cm³/mol. The van der Waals surface area contributed by atoms with E-state index in [0.29, 0.717) is 58.3 Å². The third-order valence-electron chi connectivity index (χ3n) is 14.5. The minimum atomic E-state index is -0.965. The number of aromatic nitrogens is 8. The second-order valence-electron chi connectivity index (χ2n) is 20.2. The molecule has 21 nitrogen and oxygen atoms in total. The van der Waals surface area contributed by atoms with Crippen LogP contribution in [0.5, 0.6) is 5.88 Å². The van der Waals surface area contributed by atoms with Crippen LogP contribution in [0.3, 0.4) is 0 Å². The number of nitrogens with two attached hydrogens (primary N) is 1. The van der Waals surface area contributed by atoms with Gasteiger partial charge in [-0.2, -0.15) is 10.2 Å². The second kappa shape index (κ2) is 24.0. The molecule has 0 unspecified atom stereocenters. The van der Waals surface area contributed by atoms with Crippen LogP contribution in [0.1, 0.15) is 111 Å². The summed E-state index contributed by atoms with van der Waals surface area (Å²) >= 11 is 2.95. The molecule has 6 aromatic rings. The van der Waals surface area contributed by atoms with Gasteiger partial charge in [0.25, 0.3) is 5.88 Å².